The highest BCUT2D eigenvalue weighted by Crippen LogP contribution is 2.14. The maximum absolute atomic E-state index is 11.8. The van der Waals surface area contributed by atoms with Crippen molar-refractivity contribution in [1.82, 2.24) is 9.97 Å². The molecule has 0 unspecified atom stereocenters. The summed E-state index contributed by atoms with van der Waals surface area (Å²) in [5, 5.41) is 2.84. The van der Waals surface area contributed by atoms with Crippen LogP contribution in [0.4, 0.5) is 24.8 Å². The quantitative estimate of drug-likeness (QED) is 0.396. The van der Waals surface area contributed by atoms with Gasteiger partial charge in [-0.15, -0.1) is 0 Å². The minimum Gasteiger partial charge on any atom is -0.370 e. The molecule has 0 amide bonds. The van der Waals surface area contributed by atoms with Gasteiger partial charge in [0.05, 0.1) is 6.61 Å². The van der Waals surface area contributed by atoms with E-state index in [0.29, 0.717) is 23.9 Å². The number of nitrogens with two attached hydrogens (primary N) is 1. The van der Waals surface area contributed by atoms with Crippen molar-refractivity contribution in [3.05, 3.63) is 11.9 Å². The summed E-state index contributed by atoms with van der Waals surface area (Å²) in [4.78, 5) is 8.23. The highest BCUT2D eigenvalue weighted by atomic mass is 19.4. The van der Waals surface area contributed by atoms with Crippen LogP contribution in [0.3, 0.4) is 0 Å². The molecule has 1 rings (SSSR count). The van der Waals surface area contributed by atoms with Gasteiger partial charge >= 0.3 is 6.18 Å². The number of alkyl halides is 3. The summed E-state index contributed by atoms with van der Waals surface area (Å²) in [6, 6.07) is 1.56. The van der Waals surface area contributed by atoms with E-state index < -0.39 is 12.8 Å². The van der Waals surface area contributed by atoms with Gasteiger partial charge in [0.25, 0.3) is 0 Å². The van der Waals surface area contributed by atoms with Crippen molar-refractivity contribution in [3.8, 4) is 0 Å². The number of aromatic nitrogens is 2. The fourth-order valence-electron chi connectivity index (χ4n) is 1.26. The van der Waals surface area contributed by atoms with Gasteiger partial charge in [-0.25, -0.2) is 15.8 Å². The van der Waals surface area contributed by atoms with Crippen LogP contribution in [-0.4, -0.2) is 35.9 Å². The summed E-state index contributed by atoms with van der Waals surface area (Å²) >= 11 is 0. The molecular formula is C10H16F3N5O. The lowest BCUT2D eigenvalue weighted by molar-refractivity contribution is -0.172. The molecule has 0 aliphatic carbocycles. The van der Waals surface area contributed by atoms with E-state index in [4.69, 9.17) is 5.84 Å². The molecule has 1 heterocycles. The molecule has 9 heteroatoms. The Labute approximate surface area is 108 Å². The second-order valence-corrected chi connectivity index (χ2v) is 3.65. The van der Waals surface area contributed by atoms with Crippen LogP contribution in [0, 0.1) is 0 Å². The van der Waals surface area contributed by atoms with Gasteiger partial charge in [-0.1, -0.05) is 6.92 Å². The minimum atomic E-state index is -4.30. The smallest absolute Gasteiger partial charge is 0.370 e. The first kappa shape index (κ1) is 15.4. The number of rotatable bonds is 7. The summed E-state index contributed by atoms with van der Waals surface area (Å²) < 4.78 is 39.9. The Morgan fingerprint density at radius 2 is 2.00 bits per heavy atom. The third kappa shape index (κ3) is 6.20. The maximum Gasteiger partial charge on any atom is 0.411 e. The number of halogens is 3. The zero-order valence-corrected chi connectivity index (χ0v) is 10.4. The molecule has 1 aromatic rings. The zero-order valence-electron chi connectivity index (χ0n) is 10.4. The van der Waals surface area contributed by atoms with Crippen LogP contribution in [-0.2, 0) is 11.2 Å². The van der Waals surface area contributed by atoms with Gasteiger partial charge in [0.15, 0.2) is 0 Å². The molecule has 0 aliphatic heterocycles. The van der Waals surface area contributed by atoms with E-state index in [1.807, 2.05) is 6.92 Å². The van der Waals surface area contributed by atoms with Gasteiger partial charge in [0, 0.05) is 19.0 Å². The first-order valence-electron chi connectivity index (χ1n) is 5.67. The molecule has 4 N–H and O–H groups in total. The molecule has 0 bridgehead atoms. The number of anilines is 2. The summed E-state index contributed by atoms with van der Waals surface area (Å²) in [5.41, 5.74) is 2.39. The van der Waals surface area contributed by atoms with Gasteiger partial charge in [-0.3, -0.25) is 0 Å². The summed E-state index contributed by atoms with van der Waals surface area (Å²) in [7, 11) is 0. The molecule has 1 aromatic heterocycles. The van der Waals surface area contributed by atoms with E-state index in [0.717, 1.165) is 0 Å². The number of nitrogens with one attached hydrogen (secondary N) is 2. The van der Waals surface area contributed by atoms with E-state index in [-0.39, 0.29) is 13.2 Å². The Hall–Kier alpha value is -1.61. The fraction of sp³-hybridized carbons (Fsp3) is 0.600. The Morgan fingerprint density at radius 1 is 1.32 bits per heavy atom. The molecule has 0 radical (unpaired) electrons. The predicted octanol–water partition coefficient (Wildman–Crippen LogP) is 1.32. The van der Waals surface area contributed by atoms with E-state index in [2.05, 4.69) is 25.4 Å². The number of aryl methyl sites for hydroxylation is 1. The largest absolute Gasteiger partial charge is 0.411 e. The van der Waals surface area contributed by atoms with Crippen LogP contribution in [0.15, 0.2) is 6.07 Å². The molecule has 108 valence electrons. The molecule has 6 nitrogen and oxygen atoms in total. The van der Waals surface area contributed by atoms with E-state index in [1.165, 1.54) is 0 Å². The van der Waals surface area contributed by atoms with E-state index in [1.54, 1.807) is 6.07 Å². The number of ether oxygens (including phenoxy) is 1. The van der Waals surface area contributed by atoms with Crippen molar-refractivity contribution < 1.29 is 17.9 Å². The highest BCUT2D eigenvalue weighted by Gasteiger charge is 2.27. The van der Waals surface area contributed by atoms with Crippen LogP contribution in [0.2, 0.25) is 0 Å². The number of hydrazine groups is 1. The second-order valence-electron chi connectivity index (χ2n) is 3.65. The average molecular weight is 279 g/mol. The molecule has 0 saturated carbocycles. The van der Waals surface area contributed by atoms with Crippen LogP contribution in [0.1, 0.15) is 12.7 Å². The standard InChI is InChI=1S/C10H16F3N5O/c1-2-7-16-8(5-9(17-7)18-14)15-3-4-19-6-10(11,12)13/h5H,2-4,6,14H2,1H3,(H2,15,16,17,18). The predicted molar refractivity (Wildman–Crippen MR) is 64.6 cm³/mol. The van der Waals surface area contributed by atoms with Gasteiger partial charge < -0.3 is 15.5 Å². The second kappa shape index (κ2) is 7.10. The molecule has 0 saturated heterocycles. The molecule has 0 atom stereocenters. The van der Waals surface area contributed by atoms with Gasteiger partial charge in [0.2, 0.25) is 0 Å². The van der Waals surface area contributed by atoms with Gasteiger partial charge in [0.1, 0.15) is 24.1 Å². The highest BCUT2D eigenvalue weighted by molar-refractivity contribution is 5.46. The lowest BCUT2D eigenvalue weighted by Crippen LogP contribution is -2.20. The fourth-order valence-corrected chi connectivity index (χ4v) is 1.26. The van der Waals surface area contributed by atoms with Crippen molar-refractivity contribution in [2.45, 2.75) is 19.5 Å². The molecule has 0 aromatic carbocycles. The Balaban J connectivity index is 2.40. The maximum atomic E-state index is 11.8. The normalized spacial score (nSPS) is 11.4. The van der Waals surface area contributed by atoms with Crippen molar-refractivity contribution >= 4 is 11.6 Å². The lowest BCUT2D eigenvalue weighted by atomic mass is 10.4. The van der Waals surface area contributed by atoms with Crippen LogP contribution < -0.4 is 16.6 Å². The van der Waals surface area contributed by atoms with Gasteiger partial charge in [-0.05, 0) is 0 Å². The van der Waals surface area contributed by atoms with Crippen molar-refractivity contribution in [2.24, 2.45) is 5.84 Å². The lowest BCUT2D eigenvalue weighted by Gasteiger charge is -2.10. The van der Waals surface area contributed by atoms with Crippen molar-refractivity contribution in [1.29, 1.82) is 0 Å². The van der Waals surface area contributed by atoms with Crippen LogP contribution in [0.25, 0.3) is 0 Å². The van der Waals surface area contributed by atoms with Crippen molar-refractivity contribution in [2.75, 3.05) is 30.5 Å². The molecule has 0 fully saturated rings. The van der Waals surface area contributed by atoms with E-state index >= 15 is 0 Å². The van der Waals surface area contributed by atoms with Crippen molar-refractivity contribution in [3.63, 3.8) is 0 Å². The van der Waals surface area contributed by atoms with Crippen LogP contribution in [0.5, 0.6) is 0 Å². The van der Waals surface area contributed by atoms with Crippen LogP contribution >= 0.6 is 0 Å². The summed E-state index contributed by atoms with van der Waals surface area (Å²) in [5.74, 6) is 6.74. The minimum absolute atomic E-state index is 0.0731. The first-order chi connectivity index (χ1) is 8.94. The molecular weight excluding hydrogens is 263 g/mol. The Bertz CT molecular complexity index is 377. The first-order valence-corrected chi connectivity index (χ1v) is 5.67. The zero-order chi connectivity index (χ0) is 14.3. The monoisotopic (exact) mass is 279 g/mol. The third-order valence-corrected chi connectivity index (χ3v) is 2.05. The number of nitrogen functional groups attached to an aromatic ring is 1. The Kier molecular flexibility index (Phi) is 5.77. The van der Waals surface area contributed by atoms with E-state index in [9.17, 15) is 13.2 Å². The third-order valence-electron chi connectivity index (χ3n) is 2.05. The molecule has 0 aliphatic rings. The van der Waals surface area contributed by atoms with Gasteiger partial charge in [-0.2, -0.15) is 13.2 Å². The number of hydrogen-bond acceptors (Lipinski definition) is 6. The topological polar surface area (TPSA) is 85.1 Å². The Morgan fingerprint density at radius 3 is 2.58 bits per heavy atom. The average Bonchev–Trinajstić information content (AvgIpc) is 2.36. The summed E-state index contributed by atoms with van der Waals surface area (Å²) in [6.07, 6.45) is -3.68. The molecule has 19 heavy (non-hydrogen) atoms. The number of nitrogens with zero attached hydrogens (tertiary/aromatic N) is 2. The number of hydrogen-bond donors (Lipinski definition) is 3. The SMILES string of the molecule is CCc1nc(NN)cc(NCCOCC(F)(F)F)n1. The molecule has 0 spiro atoms. The summed E-state index contributed by atoms with van der Waals surface area (Å²) in [6.45, 7) is 0.761.